The van der Waals surface area contributed by atoms with Crippen LogP contribution in [0.4, 0.5) is 0 Å². The van der Waals surface area contributed by atoms with Gasteiger partial charge < -0.3 is 0 Å². The first-order valence-corrected chi connectivity index (χ1v) is 5.75. The molecule has 1 saturated heterocycles. The van der Waals surface area contributed by atoms with E-state index < -0.39 is 0 Å². The fraction of sp³-hybridized carbons (Fsp3) is 1.00. The Bertz CT molecular complexity index is 116. The van der Waals surface area contributed by atoms with Crippen LogP contribution in [0.5, 0.6) is 0 Å². The molecule has 1 rings (SSSR count). The Kier molecular flexibility index (Phi) is 5.62. The zero-order chi connectivity index (χ0) is 10.5. The van der Waals surface area contributed by atoms with Crippen molar-refractivity contribution in [1.82, 2.24) is 4.90 Å². The van der Waals surface area contributed by atoms with Crippen LogP contribution in [0.3, 0.4) is 0 Å². The number of hydrogen-bond donors (Lipinski definition) is 0. The third kappa shape index (κ3) is 4.66. The zero-order valence-electron chi connectivity index (χ0n) is 10.4. The summed E-state index contributed by atoms with van der Waals surface area (Å²) in [6.45, 7) is 15.9. The summed E-state index contributed by atoms with van der Waals surface area (Å²) in [5.41, 5.74) is 0.389. The minimum Gasteiger partial charge on any atom is -0.298 e. The smallest absolute Gasteiger partial charge is 0.0125 e. The van der Waals surface area contributed by atoms with Gasteiger partial charge in [0.1, 0.15) is 0 Å². The van der Waals surface area contributed by atoms with E-state index in [4.69, 9.17) is 0 Å². The van der Waals surface area contributed by atoms with Crippen molar-refractivity contribution in [2.75, 3.05) is 13.1 Å². The molecule has 0 aromatic heterocycles. The van der Waals surface area contributed by atoms with E-state index in [1.165, 1.54) is 25.9 Å². The van der Waals surface area contributed by atoms with Gasteiger partial charge in [-0.2, -0.15) is 0 Å². The maximum atomic E-state index is 2.59. The molecule has 0 N–H and O–H groups in total. The Morgan fingerprint density at radius 1 is 1.00 bits per heavy atom. The monoisotopic (exact) mass is 185 g/mol. The summed E-state index contributed by atoms with van der Waals surface area (Å²) < 4.78 is 0. The molecule has 0 radical (unpaired) electrons. The molecule has 1 nitrogen and oxygen atoms in total. The lowest BCUT2D eigenvalue weighted by atomic mass is 9.95. The van der Waals surface area contributed by atoms with Crippen LogP contribution in [0, 0.1) is 5.92 Å². The number of nitrogens with zero attached hydrogens (tertiary/aromatic N) is 1. The molecule has 1 heterocycles. The molecule has 0 atom stereocenters. The average Bonchev–Trinajstić information content (AvgIpc) is 2.07. The van der Waals surface area contributed by atoms with Crippen LogP contribution in [0.25, 0.3) is 0 Å². The highest BCUT2D eigenvalue weighted by molar-refractivity contribution is 4.80. The van der Waals surface area contributed by atoms with Crippen LogP contribution in [-0.4, -0.2) is 23.5 Å². The van der Waals surface area contributed by atoms with Gasteiger partial charge >= 0.3 is 0 Å². The van der Waals surface area contributed by atoms with E-state index in [1.54, 1.807) is 0 Å². The number of rotatable bonds is 0. The van der Waals surface area contributed by atoms with Crippen molar-refractivity contribution in [3.05, 3.63) is 0 Å². The standard InChI is InChI=1S/C10H21N.C2H6/c1-9-5-7-11(8-6-9)10(2,3)4;1-2/h9H,5-8H2,1-4H3;1-2H3. The molecule has 0 aromatic carbocycles. The Morgan fingerprint density at radius 3 is 1.69 bits per heavy atom. The fourth-order valence-electron chi connectivity index (χ4n) is 1.68. The van der Waals surface area contributed by atoms with Gasteiger partial charge in [0, 0.05) is 5.54 Å². The molecule has 13 heavy (non-hydrogen) atoms. The first-order valence-electron chi connectivity index (χ1n) is 5.75. The van der Waals surface area contributed by atoms with Gasteiger partial charge in [0.15, 0.2) is 0 Å². The molecular formula is C12H27N. The topological polar surface area (TPSA) is 3.24 Å². The second-order valence-corrected chi connectivity index (χ2v) is 4.84. The summed E-state index contributed by atoms with van der Waals surface area (Å²) in [6.07, 6.45) is 2.77. The lowest BCUT2D eigenvalue weighted by Gasteiger charge is -2.40. The zero-order valence-corrected chi connectivity index (χ0v) is 10.4. The second kappa shape index (κ2) is 5.64. The Labute approximate surface area is 84.5 Å². The van der Waals surface area contributed by atoms with Gasteiger partial charge in [-0.1, -0.05) is 20.8 Å². The molecule has 0 bridgehead atoms. The maximum absolute atomic E-state index is 2.59. The number of likely N-dealkylation sites (tertiary alicyclic amines) is 1. The molecule has 0 unspecified atom stereocenters. The summed E-state index contributed by atoms with van der Waals surface area (Å²) in [5, 5.41) is 0. The van der Waals surface area contributed by atoms with E-state index in [2.05, 4.69) is 32.6 Å². The molecule has 0 aromatic rings. The van der Waals surface area contributed by atoms with Crippen LogP contribution in [0.2, 0.25) is 0 Å². The van der Waals surface area contributed by atoms with Crippen molar-refractivity contribution < 1.29 is 0 Å². The quantitative estimate of drug-likeness (QED) is 0.558. The van der Waals surface area contributed by atoms with Crippen LogP contribution in [0.15, 0.2) is 0 Å². The van der Waals surface area contributed by atoms with Gasteiger partial charge in [-0.05, 0) is 52.6 Å². The molecule has 1 fully saturated rings. The molecule has 0 spiro atoms. The predicted molar refractivity (Wildman–Crippen MR) is 61.1 cm³/mol. The Morgan fingerprint density at radius 2 is 1.38 bits per heavy atom. The van der Waals surface area contributed by atoms with E-state index in [-0.39, 0.29) is 0 Å². The van der Waals surface area contributed by atoms with Gasteiger partial charge in [-0.25, -0.2) is 0 Å². The highest BCUT2D eigenvalue weighted by atomic mass is 15.2. The van der Waals surface area contributed by atoms with Crippen LogP contribution in [-0.2, 0) is 0 Å². The summed E-state index contributed by atoms with van der Waals surface area (Å²) in [6, 6.07) is 0. The normalized spacial score (nSPS) is 20.8. The summed E-state index contributed by atoms with van der Waals surface area (Å²) >= 11 is 0. The van der Waals surface area contributed by atoms with Crippen molar-refractivity contribution in [2.45, 2.75) is 59.9 Å². The predicted octanol–water partition coefficient (Wildman–Crippen LogP) is 3.54. The van der Waals surface area contributed by atoms with Gasteiger partial charge in [0.25, 0.3) is 0 Å². The third-order valence-corrected chi connectivity index (χ3v) is 2.73. The van der Waals surface area contributed by atoms with Crippen LogP contribution >= 0.6 is 0 Å². The average molecular weight is 185 g/mol. The van der Waals surface area contributed by atoms with E-state index in [0.717, 1.165) is 5.92 Å². The highest BCUT2D eigenvalue weighted by Crippen LogP contribution is 2.22. The van der Waals surface area contributed by atoms with Gasteiger partial charge in [-0.3, -0.25) is 4.90 Å². The minimum atomic E-state index is 0.389. The highest BCUT2D eigenvalue weighted by Gasteiger charge is 2.24. The lowest BCUT2D eigenvalue weighted by Crippen LogP contribution is -2.45. The Hall–Kier alpha value is -0.0400. The SMILES string of the molecule is CC.CC1CCN(C(C)(C)C)CC1. The molecule has 80 valence electrons. The van der Waals surface area contributed by atoms with Crippen molar-refractivity contribution in [3.8, 4) is 0 Å². The molecule has 0 amide bonds. The number of piperidine rings is 1. The molecule has 1 aliphatic rings. The molecule has 0 aliphatic carbocycles. The van der Waals surface area contributed by atoms with Crippen molar-refractivity contribution in [2.24, 2.45) is 5.92 Å². The van der Waals surface area contributed by atoms with E-state index in [0.29, 0.717) is 5.54 Å². The molecular weight excluding hydrogens is 158 g/mol. The largest absolute Gasteiger partial charge is 0.298 e. The van der Waals surface area contributed by atoms with Crippen molar-refractivity contribution >= 4 is 0 Å². The van der Waals surface area contributed by atoms with E-state index in [9.17, 15) is 0 Å². The second-order valence-electron chi connectivity index (χ2n) is 4.84. The van der Waals surface area contributed by atoms with Gasteiger partial charge in [0.05, 0.1) is 0 Å². The van der Waals surface area contributed by atoms with Gasteiger partial charge in [0.2, 0.25) is 0 Å². The minimum absolute atomic E-state index is 0.389. The van der Waals surface area contributed by atoms with Crippen molar-refractivity contribution in [1.29, 1.82) is 0 Å². The lowest BCUT2D eigenvalue weighted by molar-refractivity contribution is 0.0916. The number of hydrogen-bond acceptors (Lipinski definition) is 1. The van der Waals surface area contributed by atoms with E-state index in [1.807, 2.05) is 13.8 Å². The maximum Gasteiger partial charge on any atom is 0.0125 e. The summed E-state index contributed by atoms with van der Waals surface area (Å²) in [4.78, 5) is 2.59. The van der Waals surface area contributed by atoms with Crippen LogP contribution < -0.4 is 0 Å². The van der Waals surface area contributed by atoms with Crippen LogP contribution in [0.1, 0.15) is 54.4 Å². The van der Waals surface area contributed by atoms with E-state index >= 15 is 0 Å². The molecule has 1 aliphatic heterocycles. The third-order valence-electron chi connectivity index (χ3n) is 2.73. The first kappa shape index (κ1) is 13.0. The Balaban J connectivity index is 0.000000671. The van der Waals surface area contributed by atoms with Crippen molar-refractivity contribution in [3.63, 3.8) is 0 Å². The fourth-order valence-corrected chi connectivity index (χ4v) is 1.68. The van der Waals surface area contributed by atoms with Gasteiger partial charge in [-0.15, -0.1) is 0 Å². The summed E-state index contributed by atoms with van der Waals surface area (Å²) in [7, 11) is 0. The molecule has 1 heteroatoms. The molecule has 0 saturated carbocycles. The summed E-state index contributed by atoms with van der Waals surface area (Å²) in [5.74, 6) is 0.952. The first-order chi connectivity index (χ1) is 6.00.